The normalized spacial score (nSPS) is 16.8. The first-order valence-corrected chi connectivity index (χ1v) is 6.41. The Bertz CT molecular complexity index is 340. The minimum absolute atomic E-state index is 0.0918. The molecule has 6 heteroatoms. The molecule has 0 radical (unpaired) electrons. The molecule has 0 aromatic carbocycles. The topological polar surface area (TPSA) is 65.1 Å². The van der Waals surface area contributed by atoms with E-state index in [0.717, 1.165) is 31.9 Å². The van der Waals surface area contributed by atoms with Crippen molar-refractivity contribution in [2.75, 3.05) is 33.9 Å². The Morgan fingerprint density at radius 2 is 2.05 bits per heavy atom. The number of carbonyl (C=O) groups excluding carboxylic acids is 2. The zero-order valence-electron chi connectivity index (χ0n) is 11.5. The highest BCUT2D eigenvalue weighted by Gasteiger charge is 2.16. The van der Waals surface area contributed by atoms with Crippen LogP contribution in [0.1, 0.15) is 25.7 Å². The van der Waals surface area contributed by atoms with Crippen LogP contribution in [0.25, 0.3) is 0 Å². The summed E-state index contributed by atoms with van der Waals surface area (Å²) in [7, 11) is 2.69. The van der Waals surface area contributed by atoms with Crippen molar-refractivity contribution in [2.45, 2.75) is 25.7 Å². The molecule has 1 heterocycles. The van der Waals surface area contributed by atoms with Crippen LogP contribution in [-0.2, 0) is 23.8 Å². The summed E-state index contributed by atoms with van der Waals surface area (Å²) in [4.78, 5) is 24.5. The number of hydrogen-bond donors (Lipinski definition) is 0. The molecule has 1 rings (SSSR count). The molecule has 0 aromatic rings. The molecule has 1 amide bonds. The maximum atomic E-state index is 11.7. The van der Waals surface area contributed by atoms with Crippen LogP contribution in [0.5, 0.6) is 0 Å². The van der Waals surface area contributed by atoms with Gasteiger partial charge >= 0.3 is 5.97 Å². The third kappa shape index (κ3) is 5.63. The number of methoxy groups -OCH3 is 2. The molecule has 0 bridgehead atoms. The van der Waals surface area contributed by atoms with Gasteiger partial charge in [-0.15, -0.1) is 0 Å². The third-order valence-corrected chi connectivity index (χ3v) is 2.91. The van der Waals surface area contributed by atoms with Crippen LogP contribution in [0.4, 0.5) is 0 Å². The number of amides is 1. The number of likely N-dealkylation sites (tertiary alicyclic amines) is 1. The molecule has 0 aromatic heterocycles. The fraction of sp³-hybridized carbons (Fsp3) is 0.692. The van der Waals surface area contributed by atoms with Crippen LogP contribution in [0.3, 0.4) is 0 Å². The van der Waals surface area contributed by atoms with E-state index in [-0.39, 0.29) is 11.9 Å². The van der Waals surface area contributed by atoms with E-state index in [9.17, 15) is 9.59 Å². The van der Waals surface area contributed by atoms with Gasteiger partial charge in [-0.1, -0.05) is 6.42 Å². The van der Waals surface area contributed by atoms with Crippen molar-refractivity contribution in [3.8, 4) is 0 Å². The average molecular weight is 271 g/mol. The third-order valence-electron chi connectivity index (χ3n) is 2.91. The van der Waals surface area contributed by atoms with Crippen molar-refractivity contribution in [1.29, 1.82) is 0 Å². The Hall–Kier alpha value is -1.72. The zero-order valence-corrected chi connectivity index (χ0v) is 11.5. The van der Waals surface area contributed by atoms with E-state index in [2.05, 4.69) is 4.74 Å². The van der Waals surface area contributed by atoms with Gasteiger partial charge in [0.2, 0.25) is 5.91 Å². The van der Waals surface area contributed by atoms with E-state index >= 15 is 0 Å². The van der Waals surface area contributed by atoms with Gasteiger partial charge in [-0.05, 0) is 12.8 Å². The highest BCUT2D eigenvalue weighted by atomic mass is 16.7. The van der Waals surface area contributed by atoms with E-state index in [1.54, 1.807) is 4.90 Å². The molecular weight excluding hydrogens is 250 g/mol. The van der Waals surface area contributed by atoms with Crippen LogP contribution in [0.2, 0.25) is 0 Å². The van der Waals surface area contributed by atoms with E-state index < -0.39 is 5.97 Å². The molecule has 0 aliphatic carbocycles. The number of nitrogens with zero attached hydrogens (tertiary/aromatic N) is 1. The largest absolute Gasteiger partial charge is 0.469 e. The maximum Gasteiger partial charge on any atom is 0.337 e. The van der Waals surface area contributed by atoms with Crippen molar-refractivity contribution in [2.24, 2.45) is 0 Å². The molecular formula is C13H21NO5. The van der Waals surface area contributed by atoms with Gasteiger partial charge in [0, 0.05) is 13.0 Å². The van der Waals surface area contributed by atoms with Crippen LogP contribution < -0.4 is 0 Å². The quantitative estimate of drug-likeness (QED) is 0.411. The van der Waals surface area contributed by atoms with Crippen molar-refractivity contribution in [1.82, 2.24) is 4.90 Å². The highest BCUT2D eigenvalue weighted by Crippen LogP contribution is 2.11. The van der Waals surface area contributed by atoms with Crippen molar-refractivity contribution >= 4 is 11.9 Å². The summed E-state index contributed by atoms with van der Waals surface area (Å²) >= 11 is 0. The molecule has 0 spiro atoms. The molecule has 0 N–H and O–H groups in total. The second-order valence-electron chi connectivity index (χ2n) is 4.23. The number of hydrogen-bond acceptors (Lipinski definition) is 5. The number of rotatable bonds is 6. The Morgan fingerprint density at radius 1 is 1.26 bits per heavy atom. The Kier molecular flexibility index (Phi) is 6.78. The highest BCUT2D eigenvalue weighted by molar-refractivity contribution is 5.81. The summed E-state index contributed by atoms with van der Waals surface area (Å²) in [5.74, 6) is -0.283. The standard InChI is InChI=1S/C13H21NO5/c1-17-12(16)10-13(18-2)19-9-8-14-7-5-3-4-6-11(14)15/h10H,3-9H2,1-2H3/b13-10+. The minimum Gasteiger partial charge on any atom is -0.469 e. The van der Waals surface area contributed by atoms with Crippen LogP contribution in [-0.4, -0.2) is 50.7 Å². The van der Waals surface area contributed by atoms with Gasteiger partial charge in [0.25, 0.3) is 5.95 Å². The SMILES string of the molecule is COC(=O)/C=C(\OC)OCCN1CCCCCC1=O. The van der Waals surface area contributed by atoms with Crippen molar-refractivity contribution in [3.05, 3.63) is 12.0 Å². The first-order valence-electron chi connectivity index (χ1n) is 6.41. The summed E-state index contributed by atoms with van der Waals surface area (Å²) in [6.07, 6.45) is 4.82. The first kappa shape index (κ1) is 15.3. The molecule has 1 aliphatic rings. The predicted octanol–water partition coefficient (Wildman–Crippen LogP) is 1.07. The van der Waals surface area contributed by atoms with Gasteiger partial charge in [-0.3, -0.25) is 4.79 Å². The second-order valence-corrected chi connectivity index (χ2v) is 4.23. The first-order chi connectivity index (χ1) is 9.17. The summed E-state index contributed by atoms with van der Waals surface area (Å²) in [5.41, 5.74) is 0. The van der Waals surface area contributed by atoms with Gasteiger partial charge < -0.3 is 19.1 Å². The Morgan fingerprint density at radius 3 is 2.74 bits per heavy atom. The summed E-state index contributed by atoms with van der Waals surface area (Å²) in [6.45, 7) is 1.56. The van der Waals surface area contributed by atoms with Gasteiger partial charge in [-0.25, -0.2) is 4.79 Å². The summed E-state index contributed by atoms with van der Waals surface area (Å²) < 4.78 is 14.7. The monoisotopic (exact) mass is 271 g/mol. The minimum atomic E-state index is -0.539. The molecule has 0 unspecified atom stereocenters. The second kappa shape index (κ2) is 8.39. The fourth-order valence-electron chi connectivity index (χ4n) is 1.85. The lowest BCUT2D eigenvalue weighted by molar-refractivity contribution is -0.136. The number of ether oxygens (including phenoxy) is 3. The van der Waals surface area contributed by atoms with Gasteiger partial charge in [-0.2, -0.15) is 0 Å². The zero-order chi connectivity index (χ0) is 14.1. The maximum absolute atomic E-state index is 11.7. The molecule has 108 valence electrons. The Labute approximate surface area is 113 Å². The predicted molar refractivity (Wildman–Crippen MR) is 68.1 cm³/mol. The van der Waals surface area contributed by atoms with Gasteiger partial charge in [0.15, 0.2) is 0 Å². The lowest BCUT2D eigenvalue weighted by atomic mass is 10.2. The molecule has 1 saturated heterocycles. The molecule has 1 fully saturated rings. The molecule has 6 nitrogen and oxygen atoms in total. The van der Waals surface area contributed by atoms with Gasteiger partial charge in [0.1, 0.15) is 12.7 Å². The average Bonchev–Trinajstić information content (AvgIpc) is 2.62. The molecule has 0 atom stereocenters. The summed E-state index contributed by atoms with van der Waals surface area (Å²) in [6, 6.07) is 0. The lowest BCUT2D eigenvalue weighted by Crippen LogP contribution is -2.33. The van der Waals surface area contributed by atoms with Crippen molar-refractivity contribution < 1.29 is 23.8 Å². The van der Waals surface area contributed by atoms with E-state index in [4.69, 9.17) is 9.47 Å². The number of esters is 1. The smallest absolute Gasteiger partial charge is 0.337 e. The fourth-order valence-corrected chi connectivity index (χ4v) is 1.85. The van der Waals surface area contributed by atoms with Crippen LogP contribution in [0.15, 0.2) is 12.0 Å². The van der Waals surface area contributed by atoms with E-state index in [0.29, 0.717) is 19.6 Å². The van der Waals surface area contributed by atoms with E-state index in [1.807, 2.05) is 0 Å². The van der Waals surface area contributed by atoms with E-state index in [1.165, 1.54) is 14.2 Å². The summed E-state index contributed by atoms with van der Waals surface area (Å²) in [5, 5.41) is 0. The number of carbonyl (C=O) groups is 2. The molecule has 19 heavy (non-hydrogen) atoms. The van der Waals surface area contributed by atoms with Gasteiger partial charge in [0.05, 0.1) is 20.8 Å². The lowest BCUT2D eigenvalue weighted by Gasteiger charge is -2.20. The van der Waals surface area contributed by atoms with Crippen molar-refractivity contribution in [3.63, 3.8) is 0 Å². The van der Waals surface area contributed by atoms with Crippen LogP contribution in [0, 0.1) is 0 Å². The molecule has 0 saturated carbocycles. The Balaban J connectivity index is 2.37. The molecule has 1 aliphatic heterocycles. The van der Waals surface area contributed by atoms with Crippen LogP contribution >= 0.6 is 0 Å².